The van der Waals surface area contributed by atoms with E-state index in [-0.39, 0.29) is 22.1 Å². The Labute approximate surface area is 119 Å². The van der Waals surface area contributed by atoms with E-state index in [4.69, 9.17) is 15.4 Å². The molecule has 0 heterocycles. The minimum absolute atomic E-state index is 0.103. The van der Waals surface area contributed by atoms with E-state index >= 15 is 0 Å². The lowest BCUT2D eigenvalue weighted by atomic mass is 10.1. The van der Waals surface area contributed by atoms with Crippen LogP contribution in [0.2, 0.25) is 0 Å². The van der Waals surface area contributed by atoms with E-state index in [9.17, 15) is 13.2 Å². The van der Waals surface area contributed by atoms with Crippen molar-refractivity contribution in [2.45, 2.75) is 31.8 Å². The van der Waals surface area contributed by atoms with Gasteiger partial charge in [-0.3, -0.25) is 0 Å². The van der Waals surface area contributed by atoms with Crippen LogP contribution in [0.4, 0.5) is 0 Å². The van der Waals surface area contributed by atoms with Gasteiger partial charge in [0.15, 0.2) is 0 Å². The molecule has 0 aliphatic carbocycles. The molecule has 0 amide bonds. The maximum Gasteiger partial charge on any atom is 0.338 e. The molecule has 18 heavy (non-hydrogen) atoms. The molecular formula is C11H12BrClO4S. The van der Waals surface area contributed by atoms with E-state index in [2.05, 4.69) is 15.9 Å². The zero-order valence-electron chi connectivity index (χ0n) is 10.0. The normalized spacial score (nSPS) is 11.7. The van der Waals surface area contributed by atoms with Crippen molar-refractivity contribution in [1.82, 2.24) is 0 Å². The Hall–Kier alpha value is -0.590. The van der Waals surface area contributed by atoms with Gasteiger partial charge in [-0.25, -0.2) is 13.2 Å². The van der Waals surface area contributed by atoms with Crippen LogP contribution in [0, 0.1) is 6.92 Å². The summed E-state index contributed by atoms with van der Waals surface area (Å²) in [5, 5.41) is 0. The summed E-state index contributed by atoms with van der Waals surface area (Å²) in [6, 6.07) is 2.86. The van der Waals surface area contributed by atoms with Crippen molar-refractivity contribution >= 4 is 41.6 Å². The standard InChI is InChI=1S/C11H12BrClO4S/c1-6(2)17-11(14)9-4-8(12)5-10(7(9)3)18(13,15)16/h4-6H,1-3H3. The molecule has 0 unspecified atom stereocenters. The Balaban J connectivity index is 3.39. The van der Waals surface area contributed by atoms with Gasteiger partial charge in [-0.15, -0.1) is 0 Å². The van der Waals surface area contributed by atoms with E-state index in [1.54, 1.807) is 13.8 Å². The van der Waals surface area contributed by atoms with E-state index in [0.717, 1.165) is 0 Å². The Morgan fingerprint density at radius 3 is 2.39 bits per heavy atom. The van der Waals surface area contributed by atoms with Gasteiger partial charge < -0.3 is 4.74 Å². The molecule has 0 spiro atoms. The Bertz CT molecular complexity index is 581. The number of benzene rings is 1. The van der Waals surface area contributed by atoms with Crippen molar-refractivity contribution < 1.29 is 17.9 Å². The van der Waals surface area contributed by atoms with Gasteiger partial charge in [0.25, 0.3) is 9.05 Å². The number of hydrogen-bond donors (Lipinski definition) is 0. The molecule has 0 fully saturated rings. The molecule has 0 saturated heterocycles. The predicted octanol–water partition coefficient (Wildman–Crippen LogP) is 3.25. The first-order valence-corrected chi connectivity index (χ1v) is 8.19. The van der Waals surface area contributed by atoms with E-state index in [1.807, 2.05) is 0 Å². The molecule has 4 nitrogen and oxygen atoms in total. The van der Waals surface area contributed by atoms with Crippen LogP contribution in [0.5, 0.6) is 0 Å². The summed E-state index contributed by atoms with van der Waals surface area (Å²) in [5.41, 5.74) is 0.455. The zero-order valence-corrected chi connectivity index (χ0v) is 13.2. The predicted molar refractivity (Wildman–Crippen MR) is 72.5 cm³/mol. The molecule has 0 saturated carbocycles. The van der Waals surface area contributed by atoms with Gasteiger partial charge in [0.1, 0.15) is 0 Å². The van der Waals surface area contributed by atoms with Crippen molar-refractivity contribution in [3.63, 3.8) is 0 Å². The van der Waals surface area contributed by atoms with Crippen LogP contribution in [0.25, 0.3) is 0 Å². The molecule has 1 rings (SSSR count). The largest absolute Gasteiger partial charge is 0.459 e. The first-order chi connectivity index (χ1) is 8.12. The molecular weight excluding hydrogens is 344 g/mol. The summed E-state index contributed by atoms with van der Waals surface area (Å²) in [6.45, 7) is 4.94. The number of rotatable bonds is 3. The highest BCUT2D eigenvalue weighted by Crippen LogP contribution is 2.27. The minimum atomic E-state index is -3.91. The van der Waals surface area contributed by atoms with Gasteiger partial charge in [-0.1, -0.05) is 15.9 Å². The van der Waals surface area contributed by atoms with Gasteiger partial charge in [-0.2, -0.15) is 0 Å². The summed E-state index contributed by atoms with van der Waals surface area (Å²) in [4.78, 5) is 11.7. The number of carbonyl (C=O) groups is 1. The molecule has 0 N–H and O–H groups in total. The third-order valence-electron chi connectivity index (χ3n) is 2.15. The van der Waals surface area contributed by atoms with E-state index < -0.39 is 15.0 Å². The summed E-state index contributed by atoms with van der Waals surface area (Å²) >= 11 is 3.14. The molecule has 1 aromatic carbocycles. The number of halogens is 2. The molecule has 0 radical (unpaired) electrons. The molecule has 0 bridgehead atoms. The van der Waals surface area contributed by atoms with Crippen molar-refractivity contribution in [2.24, 2.45) is 0 Å². The van der Waals surface area contributed by atoms with E-state index in [1.165, 1.54) is 19.1 Å². The minimum Gasteiger partial charge on any atom is -0.459 e. The van der Waals surface area contributed by atoms with Crippen LogP contribution < -0.4 is 0 Å². The number of ether oxygens (including phenoxy) is 1. The average molecular weight is 356 g/mol. The second-order valence-electron chi connectivity index (χ2n) is 3.97. The van der Waals surface area contributed by atoms with Gasteiger partial charge in [-0.05, 0) is 38.5 Å². The third kappa shape index (κ3) is 3.70. The zero-order chi connectivity index (χ0) is 14.1. The molecule has 100 valence electrons. The summed E-state index contributed by atoms with van der Waals surface area (Å²) in [7, 11) is 1.41. The monoisotopic (exact) mass is 354 g/mol. The third-order valence-corrected chi connectivity index (χ3v) is 4.06. The smallest absolute Gasteiger partial charge is 0.338 e. The number of esters is 1. The number of hydrogen-bond acceptors (Lipinski definition) is 4. The fourth-order valence-electron chi connectivity index (χ4n) is 1.40. The molecule has 0 atom stereocenters. The maximum atomic E-state index is 11.8. The first-order valence-electron chi connectivity index (χ1n) is 5.08. The molecule has 1 aromatic rings. The van der Waals surface area contributed by atoms with Crippen molar-refractivity contribution in [3.05, 3.63) is 27.7 Å². The quantitative estimate of drug-likeness (QED) is 0.617. The van der Waals surface area contributed by atoms with Gasteiger partial charge in [0.05, 0.1) is 16.6 Å². The van der Waals surface area contributed by atoms with Gasteiger partial charge in [0, 0.05) is 15.2 Å². The average Bonchev–Trinajstić information content (AvgIpc) is 2.18. The Morgan fingerprint density at radius 1 is 1.39 bits per heavy atom. The van der Waals surface area contributed by atoms with Crippen molar-refractivity contribution in [1.29, 1.82) is 0 Å². The Kier molecular flexibility index (Phi) is 4.80. The second-order valence-corrected chi connectivity index (χ2v) is 7.42. The number of carbonyl (C=O) groups excluding carboxylic acids is 1. The van der Waals surface area contributed by atoms with Crippen LogP contribution in [-0.2, 0) is 13.8 Å². The molecule has 0 aromatic heterocycles. The lowest BCUT2D eigenvalue weighted by molar-refractivity contribution is 0.0376. The molecule has 7 heteroatoms. The first kappa shape index (κ1) is 15.5. The summed E-state index contributed by atoms with van der Waals surface area (Å²) in [5.74, 6) is -0.578. The molecule has 0 aliphatic heterocycles. The lowest BCUT2D eigenvalue weighted by Crippen LogP contribution is -2.14. The fourth-order valence-corrected chi connectivity index (χ4v) is 3.23. The fraction of sp³-hybridized carbons (Fsp3) is 0.364. The van der Waals surface area contributed by atoms with Crippen LogP contribution in [0.15, 0.2) is 21.5 Å². The van der Waals surface area contributed by atoms with Crippen LogP contribution in [0.1, 0.15) is 29.8 Å². The summed E-state index contributed by atoms with van der Waals surface area (Å²) < 4.78 is 28.3. The maximum absolute atomic E-state index is 11.8. The van der Waals surface area contributed by atoms with E-state index in [0.29, 0.717) is 4.47 Å². The second kappa shape index (κ2) is 5.59. The topological polar surface area (TPSA) is 60.4 Å². The Morgan fingerprint density at radius 2 is 1.94 bits per heavy atom. The van der Waals surface area contributed by atoms with Gasteiger partial charge >= 0.3 is 5.97 Å². The summed E-state index contributed by atoms with van der Waals surface area (Å²) in [6.07, 6.45) is -0.285. The molecule has 0 aliphatic rings. The SMILES string of the molecule is Cc1c(C(=O)OC(C)C)cc(Br)cc1S(=O)(=O)Cl. The van der Waals surface area contributed by atoms with Gasteiger partial charge in [0.2, 0.25) is 0 Å². The lowest BCUT2D eigenvalue weighted by Gasteiger charge is -2.12. The van der Waals surface area contributed by atoms with Crippen LogP contribution >= 0.6 is 26.6 Å². The highest BCUT2D eigenvalue weighted by Gasteiger charge is 2.21. The van der Waals surface area contributed by atoms with Crippen LogP contribution in [0.3, 0.4) is 0 Å². The van der Waals surface area contributed by atoms with Crippen molar-refractivity contribution in [3.8, 4) is 0 Å². The van der Waals surface area contributed by atoms with Crippen LogP contribution in [-0.4, -0.2) is 20.5 Å². The highest BCUT2D eigenvalue weighted by atomic mass is 79.9. The van der Waals surface area contributed by atoms with Crippen molar-refractivity contribution in [2.75, 3.05) is 0 Å². The highest BCUT2D eigenvalue weighted by molar-refractivity contribution is 9.10.